The number of Topliss-reactive ketones (excluding diaryl/α,β-unsaturated/α-hetero) is 1. The number of epoxide rings is 1. The Morgan fingerprint density at radius 1 is 0.780 bits per heavy atom. The molecule has 3 amide bonds. The maximum absolute atomic E-state index is 13.7. The highest BCUT2D eigenvalue weighted by Crippen LogP contribution is 2.29. The maximum Gasteiger partial charge on any atom is 0.490 e. The molecule has 0 unspecified atom stereocenters. The molecule has 1 saturated heterocycles. The van der Waals surface area contributed by atoms with E-state index in [4.69, 9.17) is 20.4 Å². The van der Waals surface area contributed by atoms with Crippen molar-refractivity contribution in [3.63, 3.8) is 0 Å². The van der Waals surface area contributed by atoms with Crippen LogP contribution in [0.4, 0.5) is 13.2 Å². The second-order valence-electron chi connectivity index (χ2n) is 13.4. The number of amides is 3. The van der Waals surface area contributed by atoms with Gasteiger partial charge < -0.3 is 31.5 Å². The predicted molar refractivity (Wildman–Crippen MR) is 181 cm³/mol. The van der Waals surface area contributed by atoms with E-state index in [2.05, 4.69) is 16.0 Å². The number of carbonyl (C=O) groups is 5. The van der Waals surface area contributed by atoms with E-state index in [1.807, 2.05) is 88.4 Å². The quantitative estimate of drug-likeness (QED) is 0.154. The summed E-state index contributed by atoms with van der Waals surface area (Å²) >= 11 is 0. The van der Waals surface area contributed by atoms with Crippen LogP contribution in [0.2, 0.25) is 0 Å². The van der Waals surface area contributed by atoms with Gasteiger partial charge in [-0.2, -0.15) is 13.2 Å². The van der Waals surface area contributed by atoms with Crippen molar-refractivity contribution in [3.05, 3.63) is 71.8 Å². The molecule has 1 fully saturated rings. The van der Waals surface area contributed by atoms with Gasteiger partial charge in [-0.25, -0.2) is 4.79 Å². The van der Waals surface area contributed by atoms with Gasteiger partial charge in [0.15, 0.2) is 5.78 Å². The summed E-state index contributed by atoms with van der Waals surface area (Å²) in [5, 5.41) is 15.7. The highest BCUT2D eigenvalue weighted by molar-refractivity contribution is 5.98. The molecule has 14 heteroatoms. The lowest BCUT2D eigenvalue weighted by Gasteiger charge is -2.27. The van der Waals surface area contributed by atoms with Crippen molar-refractivity contribution in [3.8, 4) is 0 Å². The molecular weight excluding hydrogens is 657 g/mol. The van der Waals surface area contributed by atoms with Gasteiger partial charge >= 0.3 is 12.1 Å². The van der Waals surface area contributed by atoms with Crippen LogP contribution in [-0.2, 0) is 41.6 Å². The lowest BCUT2D eigenvalue weighted by atomic mass is 9.93. The molecule has 6 N–H and O–H groups in total. The van der Waals surface area contributed by atoms with Crippen LogP contribution in [0.25, 0.3) is 0 Å². The van der Waals surface area contributed by atoms with Crippen LogP contribution in [0, 0.1) is 11.8 Å². The SMILES string of the molecule is CC(C)C[C@H](NC(=O)[C@@H](N)CCc1ccccc1)C(=O)N[C@@H](Cc1ccccc1)C(=O)N[C@@H](CC(C)C)C(=O)[C@@]1(C)CO1.O=C(O)C(F)(F)F. The van der Waals surface area contributed by atoms with Gasteiger partial charge in [0.1, 0.15) is 17.7 Å². The zero-order chi connectivity index (χ0) is 37.6. The molecule has 0 radical (unpaired) electrons. The Hall–Kier alpha value is -4.30. The number of benzene rings is 2. The van der Waals surface area contributed by atoms with Crippen LogP contribution in [0.3, 0.4) is 0 Å². The molecule has 0 aliphatic carbocycles. The topological polar surface area (TPSA) is 180 Å². The normalized spacial score (nSPS) is 17.7. The van der Waals surface area contributed by atoms with Crippen LogP contribution < -0.4 is 21.7 Å². The lowest BCUT2D eigenvalue weighted by Crippen LogP contribution is -2.58. The van der Waals surface area contributed by atoms with E-state index in [0.29, 0.717) is 32.3 Å². The molecular formula is C36H49F3N4O7. The van der Waals surface area contributed by atoms with Gasteiger partial charge in [0.05, 0.1) is 18.7 Å². The van der Waals surface area contributed by atoms with Crippen molar-refractivity contribution in [2.45, 2.75) is 103 Å². The lowest BCUT2D eigenvalue weighted by molar-refractivity contribution is -0.192. The van der Waals surface area contributed by atoms with Gasteiger partial charge in [-0.05, 0) is 55.6 Å². The molecule has 0 spiro atoms. The van der Waals surface area contributed by atoms with Crippen LogP contribution in [0.1, 0.15) is 65.0 Å². The number of hydrogen-bond acceptors (Lipinski definition) is 7. The van der Waals surface area contributed by atoms with Gasteiger partial charge in [-0.15, -0.1) is 0 Å². The Morgan fingerprint density at radius 3 is 1.66 bits per heavy atom. The first-order valence-corrected chi connectivity index (χ1v) is 16.5. The minimum Gasteiger partial charge on any atom is -0.475 e. The molecule has 11 nitrogen and oxygen atoms in total. The standard InChI is InChI=1S/C34H48N4O5.C2HF3O2/c1-22(2)18-27(30(39)34(5)21-43-34)36-33(42)29(20-25-14-10-7-11-15-25)38-32(41)28(19-23(3)4)37-31(40)26(35)17-16-24-12-8-6-9-13-24;3-2(4,5)1(6)7/h6-15,22-23,26-29H,16-21,35H2,1-5H3,(H,36,42)(H,37,40)(H,38,41);(H,6,7)/t26-,27-,28-,29-,34+;/m0./s1. The minimum absolute atomic E-state index is 0.0883. The van der Waals surface area contributed by atoms with Crippen LogP contribution in [-0.4, -0.2) is 77.1 Å². The Bertz CT molecular complexity index is 1420. The number of aliphatic carboxylic acids is 1. The number of ether oxygens (including phenoxy) is 1. The van der Waals surface area contributed by atoms with E-state index in [1.165, 1.54) is 0 Å². The summed E-state index contributed by atoms with van der Waals surface area (Å²) in [6.45, 7) is 9.93. The number of hydrogen-bond donors (Lipinski definition) is 5. The minimum atomic E-state index is -5.08. The molecule has 3 rings (SSSR count). The molecule has 0 saturated carbocycles. The number of nitrogens with one attached hydrogen (secondary N) is 3. The number of halogens is 3. The molecule has 1 aliphatic rings. The van der Waals surface area contributed by atoms with Gasteiger partial charge in [0.2, 0.25) is 17.7 Å². The molecule has 5 atom stereocenters. The zero-order valence-electron chi connectivity index (χ0n) is 29.1. The molecule has 1 aliphatic heterocycles. The monoisotopic (exact) mass is 706 g/mol. The van der Waals surface area contributed by atoms with E-state index >= 15 is 0 Å². The van der Waals surface area contributed by atoms with Crippen molar-refractivity contribution >= 4 is 29.5 Å². The summed E-state index contributed by atoms with van der Waals surface area (Å²) in [7, 11) is 0. The second kappa shape index (κ2) is 19.2. The Kier molecular flexibility index (Phi) is 16.1. The van der Waals surface area contributed by atoms with Crippen LogP contribution in [0.15, 0.2) is 60.7 Å². The van der Waals surface area contributed by atoms with E-state index in [0.717, 1.165) is 11.1 Å². The Labute approximate surface area is 290 Å². The smallest absolute Gasteiger partial charge is 0.475 e. The molecule has 2 aromatic carbocycles. The van der Waals surface area contributed by atoms with Crippen molar-refractivity contribution < 1.29 is 47.0 Å². The Morgan fingerprint density at radius 2 is 1.20 bits per heavy atom. The summed E-state index contributed by atoms with van der Waals surface area (Å²) in [5.41, 5.74) is 7.24. The molecule has 2 aromatic rings. The fourth-order valence-corrected chi connectivity index (χ4v) is 5.01. The molecule has 0 bridgehead atoms. The third-order valence-corrected chi connectivity index (χ3v) is 7.86. The van der Waals surface area contributed by atoms with E-state index in [-0.39, 0.29) is 24.0 Å². The second-order valence-corrected chi connectivity index (χ2v) is 13.4. The summed E-state index contributed by atoms with van der Waals surface area (Å²) in [6.07, 6.45) is -2.99. The summed E-state index contributed by atoms with van der Waals surface area (Å²) in [5.74, 6) is -4.05. The number of carbonyl (C=O) groups excluding carboxylic acids is 4. The van der Waals surface area contributed by atoms with Crippen molar-refractivity contribution in [1.29, 1.82) is 0 Å². The van der Waals surface area contributed by atoms with Gasteiger partial charge in [0.25, 0.3) is 0 Å². The van der Waals surface area contributed by atoms with Crippen LogP contribution >= 0.6 is 0 Å². The number of nitrogens with two attached hydrogens (primary N) is 1. The molecule has 50 heavy (non-hydrogen) atoms. The van der Waals surface area contributed by atoms with E-state index in [1.54, 1.807) is 6.92 Å². The summed E-state index contributed by atoms with van der Waals surface area (Å²) in [4.78, 5) is 62.5. The molecule has 276 valence electrons. The first-order chi connectivity index (χ1) is 23.3. The van der Waals surface area contributed by atoms with E-state index in [9.17, 15) is 32.3 Å². The number of carboxylic acid groups (broad SMARTS) is 1. The largest absolute Gasteiger partial charge is 0.490 e. The summed E-state index contributed by atoms with van der Waals surface area (Å²) in [6, 6.07) is 15.7. The van der Waals surface area contributed by atoms with Crippen molar-refractivity contribution in [2.24, 2.45) is 17.6 Å². The van der Waals surface area contributed by atoms with Crippen molar-refractivity contribution in [2.75, 3.05) is 6.61 Å². The first kappa shape index (κ1) is 41.9. The fraction of sp³-hybridized carbons (Fsp3) is 0.528. The first-order valence-electron chi connectivity index (χ1n) is 16.5. The summed E-state index contributed by atoms with van der Waals surface area (Å²) < 4.78 is 37.1. The number of aryl methyl sites for hydroxylation is 1. The fourth-order valence-electron chi connectivity index (χ4n) is 5.01. The number of alkyl halides is 3. The van der Waals surface area contributed by atoms with Crippen LogP contribution in [0.5, 0.6) is 0 Å². The molecule has 0 aromatic heterocycles. The molecule has 1 heterocycles. The number of ketones is 1. The Balaban J connectivity index is 0.00000112. The third kappa shape index (κ3) is 14.7. The average molecular weight is 707 g/mol. The van der Waals surface area contributed by atoms with Gasteiger partial charge in [0, 0.05) is 6.42 Å². The van der Waals surface area contributed by atoms with Gasteiger partial charge in [-0.1, -0.05) is 88.4 Å². The van der Waals surface area contributed by atoms with Gasteiger partial charge in [-0.3, -0.25) is 19.2 Å². The average Bonchev–Trinajstić information content (AvgIpc) is 3.80. The zero-order valence-corrected chi connectivity index (χ0v) is 29.1. The maximum atomic E-state index is 13.7. The highest BCUT2D eigenvalue weighted by Gasteiger charge is 2.50. The predicted octanol–water partition coefficient (Wildman–Crippen LogP) is 3.73. The highest BCUT2D eigenvalue weighted by atomic mass is 19.4. The van der Waals surface area contributed by atoms with E-state index < -0.39 is 59.6 Å². The number of rotatable bonds is 17. The number of carboxylic acids is 1. The third-order valence-electron chi connectivity index (χ3n) is 7.86. The van der Waals surface area contributed by atoms with Crippen molar-refractivity contribution in [1.82, 2.24) is 16.0 Å².